The molecule has 1 atom stereocenters. The van der Waals surface area contributed by atoms with Crippen LogP contribution in [0.4, 0.5) is 0 Å². The average Bonchev–Trinajstić information content (AvgIpc) is 3.50. The van der Waals surface area contributed by atoms with Crippen LogP contribution in [0.25, 0.3) is 10.9 Å². The minimum Gasteiger partial charge on any atom is -0.338 e. The molecule has 4 nitrogen and oxygen atoms in total. The summed E-state index contributed by atoms with van der Waals surface area (Å²) in [7, 11) is 0. The molecule has 1 saturated heterocycles. The van der Waals surface area contributed by atoms with E-state index in [0.29, 0.717) is 6.54 Å². The summed E-state index contributed by atoms with van der Waals surface area (Å²) in [5.41, 5.74) is 2.37. The second-order valence-corrected chi connectivity index (χ2v) is 7.74. The second-order valence-electron chi connectivity index (χ2n) is 7.74. The molecule has 1 aliphatic heterocycles. The number of hydrogen-bond donors (Lipinski definition) is 0. The van der Waals surface area contributed by atoms with Gasteiger partial charge in [-0.3, -0.25) is 9.69 Å². The van der Waals surface area contributed by atoms with Crippen LogP contribution in [0.1, 0.15) is 24.4 Å². The van der Waals surface area contributed by atoms with Crippen LogP contribution in [0.2, 0.25) is 0 Å². The third-order valence-electron chi connectivity index (χ3n) is 5.97. The zero-order valence-corrected chi connectivity index (χ0v) is 15.5. The largest absolute Gasteiger partial charge is 0.338 e. The Morgan fingerprint density at radius 2 is 1.70 bits per heavy atom. The number of hydrogen-bond acceptors (Lipinski definition) is 2. The second kappa shape index (κ2) is 6.86. The van der Waals surface area contributed by atoms with Gasteiger partial charge in [0.2, 0.25) is 5.91 Å². The SMILES string of the molecule is O=C(Cn1ccc2ccccc21)N1CCN(C2CC2)CC1c1ccccc1. The highest BCUT2D eigenvalue weighted by molar-refractivity contribution is 5.83. The maximum Gasteiger partial charge on any atom is 0.243 e. The Balaban J connectivity index is 1.40. The number of benzene rings is 2. The van der Waals surface area contributed by atoms with E-state index in [-0.39, 0.29) is 11.9 Å². The molecule has 1 aromatic heterocycles. The van der Waals surface area contributed by atoms with E-state index in [1.54, 1.807) is 0 Å². The maximum atomic E-state index is 13.3. The molecule has 0 bridgehead atoms. The summed E-state index contributed by atoms with van der Waals surface area (Å²) in [5.74, 6) is 0.209. The Hall–Kier alpha value is -2.59. The van der Waals surface area contributed by atoms with Crippen molar-refractivity contribution in [1.29, 1.82) is 0 Å². The predicted molar refractivity (Wildman–Crippen MR) is 107 cm³/mol. The molecule has 3 aromatic rings. The van der Waals surface area contributed by atoms with Gasteiger partial charge in [-0.05, 0) is 35.9 Å². The van der Waals surface area contributed by atoms with E-state index in [2.05, 4.69) is 56.8 Å². The normalized spacial score (nSPS) is 20.9. The monoisotopic (exact) mass is 359 g/mol. The zero-order valence-electron chi connectivity index (χ0n) is 15.5. The highest BCUT2D eigenvalue weighted by Crippen LogP contribution is 2.33. The van der Waals surface area contributed by atoms with Crippen LogP contribution >= 0.6 is 0 Å². The molecule has 1 amide bonds. The molecule has 1 unspecified atom stereocenters. The Kier molecular flexibility index (Phi) is 4.21. The standard InChI is InChI=1S/C23H25N3O/c27-23(17-25-13-12-19-8-4-5-9-21(19)25)26-15-14-24(20-10-11-20)16-22(26)18-6-2-1-3-7-18/h1-9,12-13,20,22H,10-11,14-17H2. The van der Waals surface area contributed by atoms with Gasteiger partial charge in [-0.15, -0.1) is 0 Å². The van der Waals surface area contributed by atoms with Crippen LogP contribution in [-0.4, -0.2) is 46.0 Å². The molecule has 2 fully saturated rings. The number of amides is 1. The summed E-state index contributed by atoms with van der Waals surface area (Å²) in [4.78, 5) is 17.9. The first kappa shape index (κ1) is 16.6. The van der Waals surface area contributed by atoms with E-state index in [1.165, 1.54) is 23.8 Å². The number of carbonyl (C=O) groups is 1. The van der Waals surface area contributed by atoms with Crippen molar-refractivity contribution >= 4 is 16.8 Å². The van der Waals surface area contributed by atoms with Gasteiger partial charge in [-0.25, -0.2) is 0 Å². The molecule has 2 aromatic carbocycles. The number of rotatable bonds is 4. The van der Waals surface area contributed by atoms with Gasteiger partial charge >= 0.3 is 0 Å². The van der Waals surface area contributed by atoms with Crippen LogP contribution in [0.5, 0.6) is 0 Å². The van der Waals surface area contributed by atoms with Crippen molar-refractivity contribution < 1.29 is 4.79 Å². The summed E-state index contributed by atoms with van der Waals surface area (Å²) in [6.45, 7) is 3.16. The van der Waals surface area contributed by atoms with E-state index in [9.17, 15) is 4.79 Å². The number of carbonyl (C=O) groups excluding carboxylic acids is 1. The minimum absolute atomic E-state index is 0.148. The van der Waals surface area contributed by atoms with Gasteiger partial charge in [-0.1, -0.05) is 48.5 Å². The van der Waals surface area contributed by atoms with Crippen molar-refractivity contribution in [1.82, 2.24) is 14.4 Å². The lowest BCUT2D eigenvalue weighted by molar-refractivity contribution is -0.137. The Bertz CT molecular complexity index is 944. The predicted octanol–water partition coefficient (Wildman–Crippen LogP) is 3.69. The Morgan fingerprint density at radius 1 is 0.926 bits per heavy atom. The summed E-state index contributed by atoms with van der Waals surface area (Å²) in [6.07, 6.45) is 4.65. The van der Waals surface area contributed by atoms with E-state index < -0.39 is 0 Å². The fourth-order valence-corrected chi connectivity index (χ4v) is 4.35. The number of para-hydroxylation sites is 1. The molecule has 1 aliphatic carbocycles. The third-order valence-corrected chi connectivity index (χ3v) is 5.97. The summed E-state index contributed by atoms with van der Waals surface area (Å²) < 4.78 is 2.08. The number of aromatic nitrogens is 1. The van der Waals surface area contributed by atoms with Gasteiger partial charge in [0.25, 0.3) is 0 Å². The molecule has 27 heavy (non-hydrogen) atoms. The van der Waals surface area contributed by atoms with Gasteiger partial charge in [0, 0.05) is 37.4 Å². The van der Waals surface area contributed by atoms with Crippen molar-refractivity contribution in [3.05, 3.63) is 72.4 Å². The number of fused-ring (bicyclic) bond motifs is 1. The fourth-order valence-electron chi connectivity index (χ4n) is 4.35. The van der Waals surface area contributed by atoms with Crippen LogP contribution in [-0.2, 0) is 11.3 Å². The van der Waals surface area contributed by atoms with E-state index in [4.69, 9.17) is 0 Å². The van der Waals surface area contributed by atoms with Crippen molar-refractivity contribution in [2.45, 2.75) is 31.5 Å². The molecular formula is C23H25N3O. The summed E-state index contributed by atoms with van der Waals surface area (Å²) >= 11 is 0. The molecule has 2 heterocycles. The lowest BCUT2D eigenvalue weighted by Crippen LogP contribution is -2.51. The first-order valence-electron chi connectivity index (χ1n) is 9.92. The molecule has 0 radical (unpaired) electrons. The zero-order chi connectivity index (χ0) is 18.2. The fraction of sp³-hybridized carbons (Fsp3) is 0.348. The Labute approximate surface area is 160 Å². The summed E-state index contributed by atoms with van der Waals surface area (Å²) in [6, 6.07) is 21.7. The highest BCUT2D eigenvalue weighted by atomic mass is 16.2. The van der Waals surface area contributed by atoms with E-state index >= 15 is 0 Å². The molecule has 4 heteroatoms. The highest BCUT2D eigenvalue weighted by Gasteiger charge is 2.37. The van der Waals surface area contributed by atoms with Crippen molar-refractivity contribution in [3.8, 4) is 0 Å². The molecule has 1 saturated carbocycles. The molecule has 0 spiro atoms. The van der Waals surface area contributed by atoms with Gasteiger partial charge in [0.05, 0.1) is 6.04 Å². The number of piperazine rings is 1. The smallest absolute Gasteiger partial charge is 0.243 e. The summed E-state index contributed by atoms with van der Waals surface area (Å²) in [5, 5.41) is 1.18. The first-order chi connectivity index (χ1) is 13.3. The third kappa shape index (κ3) is 3.26. The number of nitrogens with zero attached hydrogens (tertiary/aromatic N) is 3. The van der Waals surface area contributed by atoms with Crippen molar-refractivity contribution in [2.24, 2.45) is 0 Å². The van der Waals surface area contributed by atoms with Crippen LogP contribution in [0.15, 0.2) is 66.9 Å². The molecule has 138 valence electrons. The molecule has 2 aliphatic rings. The van der Waals surface area contributed by atoms with Crippen LogP contribution < -0.4 is 0 Å². The molecule has 0 N–H and O–H groups in total. The van der Waals surface area contributed by atoms with Gasteiger partial charge < -0.3 is 9.47 Å². The van der Waals surface area contributed by atoms with Gasteiger partial charge in [0.15, 0.2) is 0 Å². The lowest BCUT2D eigenvalue weighted by Gasteiger charge is -2.42. The topological polar surface area (TPSA) is 28.5 Å². The minimum atomic E-state index is 0.148. The Morgan fingerprint density at radius 3 is 2.52 bits per heavy atom. The first-order valence-corrected chi connectivity index (χ1v) is 9.92. The maximum absolute atomic E-state index is 13.3. The average molecular weight is 359 g/mol. The van der Waals surface area contributed by atoms with Crippen LogP contribution in [0.3, 0.4) is 0 Å². The van der Waals surface area contributed by atoms with Crippen molar-refractivity contribution in [3.63, 3.8) is 0 Å². The molecular weight excluding hydrogens is 334 g/mol. The molecule has 5 rings (SSSR count). The van der Waals surface area contributed by atoms with Gasteiger partial charge in [-0.2, -0.15) is 0 Å². The van der Waals surface area contributed by atoms with E-state index in [1.807, 2.05) is 24.4 Å². The lowest BCUT2D eigenvalue weighted by atomic mass is 10.0. The van der Waals surface area contributed by atoms with Crippen LogP contribution in [0, 0.1) is 0 Å². The van der Waals surface area contributed by atoms with Crippen molar-refractivity contribution in [2.75, 3.05) is 19.6 Å². The van der Waals surface area contributed by atoms with Gasteiger partial charge in [0.1, 0.15) is 6.54 Å². The quantitative estimate of drug-likeness (QED) is 0.711. The van der Waals surface area contributed by atoms with E-state index in [0.717, 1.165) is 31.2 Å².